The number of aromatic nitrogens is 2. The Morgan fingerprint density at radius 3 is 2.58 bits per heavy atom. The van der Waals surface area contributed by atoms with Crippen LogP contribution in [0.5, 0.6) is 0 Å². The first-order chi connectivity index (χ1) is 12.7. The maximum atomic E-state index is 10.7. The van der Waals surface area contributed by atoms with Gasteiger partial charge in [0, 0.05) is 44.9 Å². The minimum atomic E-state index is -0.361. The standard InChI is InChI=1S/C18H19N5O2S/c24-23(25)15-3-1-14(2-4-15)5-7-21-8-10-22(11-9-21)17-16-6-12-26-18(16)20-13-19-17/h1-4,6,12-13H,5,7-11H2. The molecular formula is C18H19N5O2S. The molecule has 4 rings (SSSR count). The molecule has 1 aliphatic heterocycles. The van der Waals surface area contributed by atoms with Gasteiger partial charge in [0.25, 0.3) is 5.69 Å². The first-order valence-electron chi connectivity index (χ1n) is 8.59. The van der Waals surface area contributed by atoms with Crippen molar-refractivity contribution in [1.29, 1.82) is 0 Å². The molecule has 7 nitrogen and oxygen atoms in total. The number of hydrogen-bond acceptors (Lipinski definition) is 7. The molecule has 0 saturated carbocycles. The topological polar surface area (TPSA) is 75.4 Å². The molecule has 0 atom stereocenters. The lowest BCUT2D eigenvalue weighted by Gasteiger charge is -2.35. The number of rotatable bonds is 5. The van der Waals surface area contributed by atoms with Crippen molar-refractivity contribution in [3.8, 4) is 0 Å². The second-order valence-electron chi connectivity index (χ2n) is 6.34. The first kappa shape index (κ1) is 16.9. The summed E-state index contributed by atoms with van der Waals surface area (Å²) in [6.45, 7) is 4.83. The fourth-order valence-electron chi connectivity index (χ4n) is 3.28. The van der Waals surface area contributed by atoms with Crippen LogP contribution in [0.4, 0.5) is 11.5 Å². The van der Waals surface area contributed by atoms with Crippen LogP contribution in [0.25, 0.3) is 10.2 Å². The summed E-state index contributed by atoms with van der Waals surface area (Å²) in [5.74, 6) is 1.03. The third kappa shape index (κ3) is 3.51. The highest BCUT2D eigenvalue weighted by atomic mass is 32.1. The molecule has 3 aromatic rings. The predicted octanol–water partition coefficient (Wildman–Crippen LogP) is 2.96. The van der Waals surface area contributed by atoms with E-state index >= 15 is 0 Å². The Hall–Kier alpha value is -2.58. The van der Waals surface area contributed by atoms with Crippen molar-refractivity contribution in [2.75, 3.05) is 37.6 Å². The SMILES string of the molecule is O=[N+]([O-])c1ccc(CCN2CCN(c3ncnc4sccc34)CC2)cc1. The number of anilines is 1. The average Bonchev–Trinajstić information content (AvgIpc) is 3.16. The summed E-state index contributed by atoms with van der Waals surface area (Å²) in [4.78, 5) is 25.0. The molecule has 0 aliphatic carbocycles. The fourth-order valence-corrected chi connectivity index (χ4v) is 4.01. The van der Waals surface area contributed by atoms with Crippen LogP contribution in [0.15, 0.2) is 42.0 Å². The number of nitro benzene ring substituents is 1. The van der Waals surface area contributed by atoms with Gasteiger partial charge in [0.05, 0.1) is 10.3 Å². The number of non-ortho nitro benzene ring substituents is 1. The molecule has 0 amide bonds. The molecule has 3 heterocycles. The van der Waals surface area contributed by atoms with Gasteiger partial charge in [-0.3, -0.25) is 15.0 Å². The summed E-state index contributed by atoms with van der Waals surface area (Å²) in [5, 5.41) is 13.9. The number of benzene rings is 1. The Kier molecular flexibility index (Phi) is 4.77. The maximum Gasteiger partial charge on any atom is 0.269 e. The smallest absolute Gasteiger partial charge is 0.269 e. The Balaban J connectivity index is 1.32. The number of nitrogens with zero attached hydrogens (tertiary/aromatic N) is 5. The summed E-state index contributed by atoms with van der Waals surface area (Å²) >= 11 is 1.64. The molecule has 0 unspecified atom stereocenters. The Labute approximate surface area is 155 Å². The van der Waals surface area contributed by atoms with E-state index in [4.69, 9.17) is 0 Å². The Bertz CT molecular complexity index is 903. The molecule has 1 saturated heterocycles. The van der Waals surface area contributed by atoms with Gasteiger partial charge in [0.15, 0.2) is 0 Å². The summed E-state index contributed by atoms with van der Waals surface area (Å²) in [6.07, 6.45) is 2.55. The second kappa shape index (κ2) is 7.35. The summed E-state index contributed by atoms with van der Waals surface area (Å²) < 4.78 is 0. The van der Waals surface area contributed by atoms with Crippen LogP contribution >= 0.6 is 11.3 Å². The minimum absolute atomic E-state index is 0.145. The third-order valence-corrected chi connectivity index (χ3v) is 5.60. The molecule has 26 heavy (non-hydrogen) atoms. The third-order valence-electron chi connectivity index (χ3n) is 4.78. The first-order valence-corrected chi connectivity index (χ1v) is 9.47. The van der Waals surface area contributed by atoms with Crippen molar-refractivity contribution in [2.24, 2.45) is 0 Å². The maximum absolute atomic E-state index is 10.7. The van der Waals surface area contributed by atoms with E-state index in [0.29, 0.717) is 0 Å². The van der Waals surface area contributed by atoms with E-state index in [1.165, 1.54) is 0 Å². The minimum Gasteiger partial charge on any atom is -0.353 e. The number of thiophene rings is 1. The molecule has 8 heteroatoms. The molecule has 1 aliphatic rings. The Morgan fingerprint density at radius 1 is 1.08 bits per heavy atom. The van der Waals surface area contributed by atoms with E-state index in [1.54, 1.807) is 29.8 Å². The molecule has 134 valence electrons. The van der Waals surface area contributed by atoms with E-state index in [1.807, 2.05) is 12.1 Å². The van der Waals surface area contributed by atoms with Crippen molar-refractivity contribution in [1.82, 2.24) is 14.9 Å². The van der Waals surface area contributed by atoms with Crippen LogP contribution in [0.2, 0.25) is 0 Å². The normalized spacial score (nSPS) is 15.5. The van der Waals surface area contributed by atoms with E-state index in [-0.39, 0.29) is 10.6 Å². The van der Waals surface area contributed by atoms with Gasteiger partial charge in [-0.25, -0.2) is 9.97 Å². The van der Waals surface area contributed by atoms with Crippen molar-refractivity contribution in [3.05, 3.63) is 57.7 Å². The monoisotopic (exact) mass is 369 g/mol. The molecule has 1 fully saturated rings. The highest BCUT2D eigenvalue weighted by Crippen LogP contribution is 2.27. The van der Waals surface area contributed by atoms with E-state index in [2.05, 4.69) is 31.2 Å². The summed E-state index contributed by atoms with van der Waals surface area (Å²) in [7, 11) is 0. The number of piperazine rings is 1. The van der Waals surface area contributed by atoms with Crippen LogP contribution in [-0.4, -0.2) is 52.5 Å². The highest BCUT2D eigenvalue weighted by Gasteiger charge is 2.20. The molecule has 0 bridgehead atoms. The Morgan fingerprint density at radius 2 is 1.85 bits per heavy atom. The molecular weight excluding hydrogens is 350 g/mol. The van der Waals surface area contributed by atoms with Gasteiger partial charge in [-0.05, 0) is 23.4 Å². The molecule has 0 radical (unpaired) electrons. The van der Waals surface area contributed by atoms with Crippen LogP contribution in [0, 0.1) is 10.1 Å². The lowest BCUT2D eigenvalue weighted by molar-refractivity contribution is -0.384. The number of fused-ring (bicyclic) bond motifs is 1. The fraction of sp³-hybridized carbons (Fsp3) is 0.333. The lowest BCUT2D eigenvalue weighted by Crippen LogP contribution is -2.47. The van der Waals surface area contributed by atoms with Crippen molar-refractivity contribution >= 4 is 33.1 Å². The van der Waals surface area contributed by atoms with Gasteiger partial charge in [-0.15, -0.1) is 11.3 Å². The zero-order valence-corrected chi connectivity index (χ0v) is 15.1. The van der Waals surface area contributed by atoms with Gasteiger partial charge >= 0.3 is 0 Å². The largest absolute Gasteiger partial charge is 0.353 e. The zero-order valence-electron chi connectivity index (χ0n) is 14.2. The molecule has 2 aromatic heterocycles. The average molecular weight is 369 g/mol. The number of hydrogen-bond donors (Lipinski definition) is 0. The highest BCUT2D eigenvalue weighted by molar-refractivity contribution is 7.16. The summed E-state index contributed by atoms with van der Waals surface area (Å²) in [6, 6.07) is 8.95. The molecule has 0 spiro atoms. The van der Waals surface area contributed by atoms with Crippen LogP contribution in [0.3, 0.4) is 0 Å². The van der Waals surface area contributed by atoms with Gasteiger partial charge in [-0.1, -0.05) is 12.1 Å². The summed E-state index contributed by atoms with van der Waals surface area (Å²) in [5.41, 5.74) is 1.28. The van der Waals surface area contributed by atoms with Gasteiger partial charge < -0.3 is 4.90 Å². The molecule has 1 aromatic carbocycles. The van der Waals surface area contributed by atoms with Crippen molar-refractivity contribution in [3.63, 3.8) is 0 Å². The predicted molar refractivity (Wildman–Crippen MR) is 103 cm³/mol. The zero-order chi connectivity index (χ0) is 17.9. The van der Waals surface area contributed by atoms with E-state index in [0.717, 1.165) is 60.7 Å². The van der Waals surface area contributed by atoms with E-state index < -0.39 is 0 Å². The van der Waals surface area contributed by atoms with Gasteiger partial charge in [-0.2, -0.15) is 0 Å². The number of nitro groups is 1. The second-order valence-corrected chi connectivity index (χ2v) is 7.23. The van der Waals surface area contributed by atoms with Gasteiger partial charge in [0.1, 0.15) is 17.0 Å². The van der Waals surface area contributed by atoms with Crippen molar-refractivity contribution in [2.45, 2.75) is 6.42 Å². The molecule has 0 N–H and O–H groups in total. The van der Waals surface area contributed by atoms with Crippen molar-refractivity contribution < 1.29 is 4.92 Å². The van der Waals surface area contributed by atoms with Gasteiger partial charge in [0.2, 0.25) is 0 Å². The van der Waals surface area contributed by atoms with Crippen LogP contribution in [0.1, 0.15) is 5.56 Å². The van der Waals surface area contributed by atoms with Crippen LogP contribution in [-0.2, 0) is 6.42 Å². The van der Waals surface area contributed by atoms with Crippen LogP contribution < -0.4 is 4.90 Å². The quantitative estimate of drug-likeness (QED) is 0.508. The lowest BCUT2D eigenvalue weighted by atomic mass is 10.1. The van der Waals surface area contributed by atoms with E-state index in [9.17, 15) is 10.1 Å².